The summed E-state index contributed by atoms with van der Waals surface area (Å²) in [5.74, 6) is 0.217. The van der Waals surface area contributed by atoms with Gasteiger partial charge in [-0.2, -0.15) is 5.10 Å². The maximum Gasteiger partial charge on any atom is 0.408 e. The average Bonchev–Trinajstić information content (AvgIpc) is 3.46. The number of aromatic nitrogens is 2. The molecule has 194 valence electrons. The van der Waals surface area contributed by atoms with E-state index >= 15 is 0 Å². The predicted molar refractivity (Wildman–Crippen MR) is 146 cm³/mol. The number of H-pyrrole nitrogens is 1. The van der Waals surface area contributed by atoms with Crippen LogP contribution in [0.5, 0.6) is 5.75 Å². The van der Waals surface area contributed by atoms with Crippen molar-refractivity contribution in [1.29, 1.82) is 0 Å². The van der Waals surface area contributed by atoms with E-state index in [-0.39, 0.29) is 13.0 Å². The largest absolute Gasteiger partial charge is 0.489 e. The minimum atomic E-state index is -0.926. The molecule has 4 rings (SSSR count). The summed E-state index contributed by atoms with van der Waals surface area (Å²) in [6, 6.07) is 23.6. The van der Waals surface area contributed by atoms with E-state index in [1.807, 2.05) is 78.9 Å². The highest BCUT2D eigenvalue weighted by Crippen LogP contribution is 2.15. The third kappa shape index (κ3) is 8.59. The molecule has 10 heteroatoms. The Balaban J connectivity index is 1.29. The Labute approximate surface area is 228 Å². The quantitative estimate of drug-likeness (QED) is 0.176. The zero-order chi connectivity index (χ0) is 26.6. The van der Waals surface area contributed by atoms with Crippen molar-refractivity contribution < 1.29 is 19.1 Å². The lowest BCUT2D eigenvalue weighted by Gasteiger charge is -2.16. The van der Waals surface area contributed by atoms with Crippen LogP contribution in [-0.2, 0) is 29.2 Å². The van der Waals surface area contributed by atoms with Crippen LogP contribution >= 0.6 is 15.9 Å². The molecule has 0 bridgehead atoms. The number of hydrogen-bond donors (Lipinski definition) is 3. The predicted octanol–water partition coefficient (Wildman–Crippen LogP) is 4.74. The number of ether oxygens (including phenoxy) is 2. The van der Waals surface area contributed by atoms with E-state index in [4.69, 9.17) is 9.47 Å². The van der Waals surface area contributed by atoms with Gasteiger partial charge >= 0.3 is 6.09 Å². The summed E-state index contributed by atoms with van der Waals surface area (Å²) in [5.41, 5.74) is 5.82. The van der Waals surface area contributed by atoms with Crippen LogP contribution < -0.4 is 15.5 Å². The van der Waals surface area contributed by atoms with Gasteiger partial charge in [0.05, 0.1) is 12.5 Å². The number of halogens is 1. The second kappa shape index (κ2) is 13.8. The maximum atomic E-state index is 12.8. The van der Waals surface area contributed by atoms with Crippen molar-refractivity contribution in [2.45, 2.75) is 25.7 Å². The smallest absolute Gasteiger partial charge is 0.408 e. The topological polar surface area (TPSA) is 118 Å². The number of carbonyl (C=O) groups excluding carboxylic acids is 2. The normalized spacial score (nSPS) is 11.6. The number of carbonyl (C=O) groups is 2. The summed E-state index contributed by atoms with van der Waals surface area (Å²) in [6.45, 7) is 0.543. The zero-order valence-electron chi connectivity index (χ0n) is 20.3. The van der Waals surface area contributed by atoms with Gasteiger partial charge < -0.3 is 19.8 Å². The number of rotatable bonds is 11. The molecule has 4 aromatic rings. The molecule has 1 atom stereocenters. The summed E-state index contributed by atoms with van der Waals surface area (Å²) >= 11 is 3.42. The van der Waals surface area contributed by atoms with Gasteiger partial charge in [-0.15, -0.1) is 0 Å². The molecule has 0 radical (unpaired) electrons. The molecule has 3 N–H and O–H groups in total. The molecular weight excluding hydrogens is 550 g/mol. The van der Waals surface area contributed by atoms with Crippen molar-refractivity contribution in [3.8, 4) is 5.75 Å². The van der Waals surface area contributed by atoms with Crippen LogP contribution in [0.25, 0.3) is 0 Å². The SMILES string of the molecule is O=C(N[C@H](Cc1cnc[nH]1)C(=O)N/N=C\c1ccc(OCc2ccc(Br)cc2)cc1)OCc1ccccc1. The molecule has 0 aliphatic heterocycles. The molecule has 0 aliphatic carbocycles. The Morgan fingerprint density at radius 1 is 0.974 bits per heavy atom. The lowest BCUT2D eigenvalue weighted by Crippen LogP contribution is -2.47. The van der Waals surface area contributed by atoms with Crippen LogP contribution in [0, 0.1) is 0 Å². The van der Waals surface area contributed by atoms with E-state index < -0.39 is 18.0 Å². The number of imidazole rings is 1. The van der Waals surface area contributed by atoms with Gasteiger partial charge in [-0.05, 0) is 53.1 Å². The van der Waals surface area contributed by atoms with E-state index in [0.29, 0.717) is 18.1 Å². The number of nitrogens with zero attached hydrogens (tertiary/aromatic N) is 2. The van der Waals surface area contributed by atoms with Gasteiger partial charge in [0.1, 0.15) is 25.0 Å². The maximum absolute atomic E-state index is 12.8. The fraction of sp³-hybridized carbons (Fsp3) is 0.143. The van der Waals surface area contributed by atoms with Crippen LogP contribution in [0.1, 0.15) is 22.4 Å². The molecule has 0 spiro atoms. The lowest BCUT2D eigenvalue weighted by atomic mass is 10.1. The van der Waals surface area contributed by atoms with Crippen molar-refractivity contribution >= 4 is 34.1 Å². The molecule has 1 aromatic heterocycles. The first kappa shape index (κ1) is 26.6. The summed E-state index contributed by atoms with van der Waals surface area (Å²) in [7, 11) is 0. The third-order valence-electron chi connectivity index (χ3n) is 5.39. The van der Waals surface area contributed by atoms with Crippen molar-refractivity contribution in [2.75, 3.05) is 0 Å². The van der Waals surface area contributed by atoms with E-state index in [1.54, 1.807) is 6.20 Å². The molecule has 3 aromatic carbocycles. The molecule has 2 amide bonds. The first-order valence-electron chi connectivity index (χ1n) is 11.8. The van der Waals surface area contributed by atoms with E-state index in [1.165, 1.54) is 12.5 Å². The monoisotopic (exact) mass is 575 g/mol. The minimum absolute atomic E-state index is 0.0893. The number of aromatic amines is 1. The van der Waals surface area contributed by atoms with Gasteiger partial charge in [-0.25, -0.2) is 15.2 Å². The number of nitrogens with one attached hydrogen (secondary N) is 3. The summed E-state index contributed by atoms with van der Waals surface area (Å²) < 4.78 is 12.1. The number of alkyl carbamates (subject to hydrolysis) is 1. The molecule has 0 unspecified atom stereocenters. The van der Waals surface area contributed by atoms with Crippen molar-refractivity contribution in [2.24, 2.45) is 5.10 Å². The van der Waals surface area contributed by atoms with Gasteiger partial charge in [-0.3, -0.25) is 4.79 Å². The van der Waals surface area contributed by atoms with Gasteiger partial charge in [0.2, 0.25) is 0 Å². The van der Waals surface area contributed by atoms with E-state index in [2.05, 4.69) is 41.7 Å². The fourth-order valence-corrected chi connectivity index (χ4v) is 3.64. The molecule has 0 saturated heterocycles. The van der Waals surface area contributed by atoms with Crippen LogP contribution in [0.15, 0.2) is 101 Å². The Hall–Kier alpha value is -4.44. The summed E-state index contributed by atoms with van der Waals surface area (Å²) in [5, 5.41) is 6.63. The first-order valence-corrected chi connectivity index (χ1v) is 12.6. The molecule has 0 aliphatic rings. The zero-order valence-corrected chi connectivity index (χ0v) is 21.9. The van der Waals surface area contributed by atoms with Gasteiger partial charge in [0.25, 0.3) is 5.91 Å². The van der Waals surface area contributed by atoms with Crippen LogP contribution in [0.4, 0.5) is 4.79 Å². The Bertz CT molecular complexity index is 1330. The second-order valence-corrected chi connectivity index (χ2v) is 9.17. The third-order valence-corrected chi connectivity index (χ3v) is 5.92. The van der Waals surface area contributed by atoms with Crippen molar-refractivity contribution in [3.63, 3.8) is 0 Å². The van der Waals surface area contributed by atoms with Gasteiger partial charge in [-0.1, -0.05) is 58.4 Å². The number of benzene rings is 3. The molecule has 0 fully saturated rings. The molecule has 0 saturated carbocycles. The summed E-state index contributed by atoms with van der Waals surface area (Å²) in [4.78, 5) is 32.1. The summed E-state index contributed by atoms with van der Waals surface area (Å²) in [6.07, 6.45) is 4.07. The van der Waals surface area contributed by atoms with Crippen molar-refractivity contribution in [1.82, 2.24) is 20.7 Å². The van der Waals surface area contributed by atoms with Gasteiger partial charge in [0, 0.05) is 22.8 Å². The Morgan fingerprint density at radius 3 is 2.42 bits per heavy atom. The highest BCUT2D eigenvalue weighted by atomic mass is 79.9. The van der Waals surface area contributed by atoms with Gasteiger partial charge in [0.15, 0.2) is 0 Å². The molecule has 1 heterocycles. The standard InChI is InChI=1S/C28H26BrN5O4/c29-23-10-6-22(7-11-23)17-37-25-12-8-20(9-13-25)15-32-34-27(35)26(14-24-16-30-19-31-24)33-28(36)38-18-21-4-2-1-3-5-21/h1-13,15-16,19,26H,14,17-18H2,(H,30,31)(H,33,36)(H,34,35)/b32-15-/t26-/m1/s1. The van der Waals surface area contributed by atoms with E-state index in [9.17, 15) is 9.59 Å². The van der Waals surface area contributed by atoms with Crippen LogP contribution in [0.2, 0.25) is 0 Å². The Kier molecular flexibility index (Phi) is 9.63. The lowest BCUT2D eigenvalue weighted by molar-refractivity contribution is -0.123. The van der Waals surface area contributed by atoms with Crippen LogP contribution in [-0.4, -0.2) is 34.2 Å². The van der Waals surface area contributed by atoms with E-state index in [0.717, 1.165) is 21.2 Å². The number of amides is 2. The number of hydrazone groups is 1. The molecule has 9 nitrogen and oxygen atoms in total. The first-order chi connectivity index (χ1) is 18.5. The number of hydrogen-bond acceptors (Lipinski definition) is 6. The highest BCUT2D eigenvalue weighted by Gasteiger charge is 2.22. The Morgan fingerprint density at radius 2 is 1.71 bits per heavy atom. The minimum Gasteiger partial charge on any atom is -0.489 e. The van der Waals surface area contributed by atoms with Crippen LogP contribution in [0.3, 0.4) is 0 Å². The highest BCUT2D eigenvalue weighted by molar-refractivity contribution is 9.10. The molecular formula is C28H26BrN5O4. The average molecular weight is 576 g/mol. The fourth-order valence-electron chi connectivity index (χ4n) is 3.38. The second-order valence-electron chi connectivity index (χ2n) is 8.26. The molecule has 38 heavy (non-hydrogen) atoms. The van der Waals surface area contributed by atoms with Crippen molar-refractivity contribution in [3.05, 3.63) is 118 Å².